The maximum Gasteiger partial charge on any atom is 0.191 e. The fraction of sp³-hybridized carbons (Fsp3) is 0.333. The number of anilines is 1. The number of halogens is 1. The van der Waals surface area contributed by atoms with Crippen LogP contribution in [0.1, 0.15) is 5.82 Å². The van der Waals surface area contributed by atoms with Crippen molar-refractivity contribution >= 4 is 29.1 Å². The molecule has 0 aliphatic rings. The summed E-state index contributed by atoms with van der Waals surface area (Å²) in [6.07, 6.45) is 0. The predicted molar refractivity (Wildman–Crippen MR) is 76.4 cm³/mol. The summed E-state index contributed by atoms with van der Waals surface area (Å²) >= 11 is 7.73. The predicted octanol–water partition coefficient (Wildman–Crippen LogP) is 2.98. The molecule has 6 heteroatoms. The number of aromatic nitrogens is 3. The highest BCUT2D eigenvalue weighted by molar-refractivity contribution is 7.99. The Labute approximate surface area is 116 Å². The van der Waals surface area contributed by atoms with E-state index in [1.807, 2.05) is 42.8 Å². The zero-order chi connectivity index (χ0) is 13.0. The average molecular weight is 283 g/mol. The first-order chi connectivity index (χ1) is 8.68. The number of nitrogens with one attached hydrogen (secondary N) is 1. The first-order valence-electron chi connectivity index (χ1n) is 5.65. The molecule has 1 aromatic heterocycles. The molecule has 0 bridgehead atoms. The van der Waals surface area contributed by atoms with E-state index < -0.39 is 0 Å². The second-order valence-corrected chi connectivity index (χ2v) is 5.31. The molecule has 1 aromatic carbocycles. The van der Waals surface area contributed by atoms with Crippen molar-refractivity contribution in [2.24, 2.45) is 7.05 Å². The summed E-state index contributed by atoms with van der Waals surface area (Å²) in [6, 6.07) is 7.74. The molecular weight excluding hydrogens is 268 g/mol. The third-order valence-electron chi connectivity index (χ3n) is 2.58. The van der Waals surface area contributed by atoms with Gasteiger partial charge in [-0.15, -0.1) is 10.2 Å². The van der Waals surface area contributed by atoms with Gasteiger partial charge in [0, 0.05) is 19.3 Å². The number of thioether (sulfide) groups is 1. The summed E-state index contributed by atoms with van der Waals surface area (Å²) in [5.74, 6) is 1.84. The van der Waals surface area contributed by atoms with Crippen molar-refractivity contribution < 1.29 is 0 Å². The van der Waals surface area contributed by atoms with E-state index in [0.29, 0.717) is 0 Å². The van der Waals surface area contributed by atoms with E-state index in [0.717, 1.165) is 34.0 Å². The Kier molecular flexibility index (Phi) is 4.49. The van der Waals surface area contributed by atoms with Crippen LogP contribution in [0.5, 0.6) is 0 Å². The Hall–Kier alpha value is -1.20. The number of hydrogen-bond donors (Lipinski definition) is 1. The molecule has 0 spiro atoms. The van der Waals surface area contributed by atoms with Gasteiger partial charge in [0.25, 0.3) is 0 Å². The third-order valence-corrected chi connectivity index (χ3v) is 3.93. The van der Waals surface area contributed by atoms with Gasteiger partial charge in [-0.25, -0.2) is 0 Å². The minimum atomic E-state index is 0.747. The van der Waals surface area contributed by atoms with E-state index in [9.17, 15) is 0 Å². The number of aryl methyl sites for hydroxylation is 1. The van der Waals surface area contributed by atoms with Crippen LogP contribution in [0.4, 0.5) is 5.69 Å². The van der Waals surface area contributed by atoms with E-state index in [-0.39, 0.29) is 0 Å². The van der Waals surface area contributed by atoms with Gasteiger partial charge in [0.15, 0.2) is 5.16 Å². The lowest BCUT2D eigenvalue weighted by Crippen LogP contribution is -2.05. The van der Waals surface area contributed by atoms with Crippen LogP contribution in [-0.4, -0.2) is 27.1 Å². The SMILES string of the molecule is Cc1nnc(SCCNc2ccccc2Cl)n1C. The molecule has 1 heterocycles. The van der Waals surface area contributed by atoms with Crippen LogP contribution in [-0.2, 0) is 7.05 Å². The van der Waals surface area contributed by atoms with Gasteiger partial charge < -0.3 is 9.88 Å². The van der Waals surface area contributed by atoms with Crippen molar-refractivity contribution in [2.45, 2.75) is 12.1 Å². The summed E-state index contributed by atoms with van der Waals surface area (Å²) in [4.78, 5) is 0. The molecule has 4 nitrogen and oxygen atoms in total. The summed E-state index contributed by atoms with van der Waals surface area (Å²) in [6.45, 7) is 2.78. The number of para-hydroxylation sites is 1. The highest BCUT2D eigenvalue weighted by atomic mass is 35.5. The van der Waals surface area contributed by atoms with Crippen LogP contribution in [0.3, 0.4) is 0 Å². The molecule has 0 atom stereocenters. The van der Waals surface area contributed by atoms with Crippen LogP contribution in [0.2, 0.25) is 5.02 Å². The smallest absolute Gasteiger partial charge is 0.191 e. The maximum absolute atomic E-state index is 6.05. The van der Waals surface area contributed by atoms with Crippen LogP contribution in [0, 0.1) is 6.92 Å². The lowest BCUT2D eigenvalue weighted by atomic mass is 10.3. The van der Waals surface area contributed by atoms with Crippen molar-refractivity contribution in [1.82, 2.24) is 14.8 Å². The zero-order valence-corrected chi connectivity index (χ0v) is 11.9. The molecule has 0 saturated carbocycles. The number of benzene rings is 1. The Morgan fingerprint density at radius 2 is 2.11 bits per heavy atom. The lowest BCUT2D eigenvalue weighted by molar-refractivity contribution is 0.765. The molecule has 0 aliphatic heterocycles. The summed E-state index contributed by atoms with van der Waals surface area (Å²) in [5, 5.41) is 13.1. The van der Waals surface area contributed by atoms with Gasteiger partial charge in [-0.05, 0) is 19.1 Å². The molecule has 0 aliphatic carbocycles. The van der Waals surface area contributed by atoms with Crippen LogP contribution >= 0.6 is 23.4 Å². The maximum atomic E-state index is 6.05. The van der Waals surface area contributed by atoms with E-state index in [2.05, 4.69) is 15.5 Å². The van der Waals surface area contributed by atoms with E-state index in [1.54, 1.807) is 11.8 Å². The highest BCUT2D eigenvalue weighted by Gasteiger charge is 2.04. The number of nitrogens with zero attached hydrogens (tertiary/aromatic N) is 3. The summed E-state index contributed by atoms with van der Waals surface area (Å²) in [5.41, 5.74) is 0.967. The number of hydrogen-bond acceptors (Lipinski definition) is 4. The van der Waals surface area contributed by atoms with Crippen molar-refractivity contribution in [3.8, 4) is 0 Å². The van der Waals surface area contributed by atoms with Crippen molar-refractivity contribution in [2.75, 3.05) is 17.6 Å². The largest absolute Gasteiger partial charge is 0.383 e. The van der Waals surface area contributed by atoms with E-state index in [4.69, 9.17) is 11.6 Å². The molecule has 0 fully saturated rings. The minimum absolute atomic E-state index is 0.747. The molecular formula is C12H15ClN4S. The van der Waals surface area contributed by atoms with Gasteiger partial charge in [-0.1, -0.05) is 35.5 Å². The molecule has 0 saturated heterocycles. The van der Waals surface area contributed by atoms with Gasteiger partial charge in [0.1, 0.15) is 5.82 Å². The van der Waals surface area contributed by atoms with Crippen LogP contribution < -0.4 is 5.32 Å². The Balaban J connectivity index is 1.80. The molecule has 2 rings (SSSR count). The molecule has 0 radical (unpaired) electrons. The van der Waals surface area contributed by atoms with Gasteiger partial charge in [-0.2, -0.15) is 0 Å². The molecule has 0 unspecified atom stereocenters. The monoisotopic (exact) mass is 282 g/mol. The summed E-state index contributed by atoms with van der Waals surface area (Å²) in [7, 11) is 1.97. The zero-order valence-electron chi connectivity index (χ0n) is 10.4. The fourth-order valence-corrected chi connectivity index (χ4v) is 2.46. The fourth-order valence-electron chi connectivity index (χ4n) is 1.45. The molecule has 96 valence electrons. The van der Waals surface area contributed by atoms with Gasteiger partial charge in [0.05, 0.1) is 10.7 Å². The Morgan fingerprint density at radius 3 is 2.78 bits per heavy atom. The minimum Gasteiger partial charge on any atom is -0.383 e. The molecule has 0 amide bonds. The van der Waals surface area contributed by atoms with Gasteiger partial charge in [-0.3, -0.25) is 0 Å². The summed E-state index contributed by atoms with van der Waals surface area (Å²) < 4.78 is 1.99. The van der Waals surface area contributed by atoms with Gasteiger partial charge in [0.2, 0.25) is 0 Å². The average Bonchev–Trinajstić information content (AvgIpc) is 2.68. The van der Waals surface area contributed by atoms with Crippen molar-refractivity contribution in [3.63, 3.8) is 0 Å². The van der Waals surface area contributed by atoms with Gasteiger partial charge >= 0.3 is 0 Å². The lowest BCUT2D eigenvalue weighted by Gasteiger charge is -2.07. The second-order valence-electron chi connectivity index (χ2n) is 3.84. The normalized spacial score (nSPS) is 10.6. The highest BCUT2D eigenvalue weighted by Crippen LogP contribution is 2.21. The van der Waals surface area contributed by atoms with Crippen LogP contribution in [0.15, 0.2) is 29.4 Å². The molecule has 18 heavy (non-hydrogen) atoms. The molecule has 1 N–H and O–H groups in total. The molecule has 2 aromatic rings. The first kappa shape index (κ1) is 13.2. The Bertz CT molecular complexity index is 527. The second kappa shape index (κ2) is 6.11. The van der Waals surface area contributed by atoms with Crippen LogP contribution in [0.25, 0.3) is 0 Å². The third kappa shape index (κ3) is 3.17. The quantitative estimate of drug-likeness (QED) is 0.676. The first-order valence-corrected chi connectivity index (χ1v) is 7.02. The Morgan fingerprint density at radius 1 is 1.33 bits per heavy atom. The topological polar surface area (TPSA) is 42.7 Å². The number of rotatable bonds is 5. The standard InChI is InChI=1S/C12H15ClN4S/c1-9-15-16-12(17(9)2)18-8-7-14-11-6-4-3-5-10(11)13/h3-6,14H,7-8H2,1-2H3. The van der Waals surface area contributed by atoms with Crippen molar-refractivity contribution in [1.29, 1.82) is 0 Å². The van der Waals surface area contributed by atoms with E-state index >= 15 is 0 Å². The van der Waals surface area contributed by atoms with Crippen molar-refractivity contribution in [3.05, 3.63) is 35.1 Å². The van der Waals surface area contributed by atoms with E-state index in [1.165, 1.54) is 0 Å².